The predicted molar refractivity (Wildman–Crippen MR) is 71.3 cm³/mol. The zero-order chi connectivity index (χ0) is 14.0. The van der Waals surface area contributed by atoms with E-state index in [0.717, 1.165) is 11.8 Å². The van der Waals surface area contributed by atoms with E-state index < -0.39 is 11.8 Å². The number of rotatable bonds is 4. The minimum atomic E-state index is -0.566. The van der Waals surface area contributed by atoms with Crippen molar-refractivity contribution in [1.29, 1.82) is 0 Å². The lowest BCUT2D eigenvalue weighted by molar-refractivity contribution is -0.145. The smallest absolute Gasteiger partial charge is 0.311 e. The molecule has 2 bridgehead atoms. The van der Waals surface area contributed by atoms with Gasteiger partial charge in [-0.2, -0.15) is 0 Å². The number of carbonyl (C=O) groups is 2. The van der Waals surface area contributed by atoms with Gasteiger partial charge in [-0.1, -0.05) is 6.42 Å². The fraction of sp³-hybridized carbons (Fsp3) is 0.857. The van der Waals surface area contributed by atoms with Crippen molar-refractivity contribution in [1.82, 2.24) is 10.2 Å². The lowest BCUT2D eigenvalue weighted by Gasteiger charge is -2.28. The Morgan fingerprint density at radius 1 is 1.37 bits per heavy atom. The summed E-state index contributed by atoms with van der Waals surface area (Å²) in [6.45, 7) is 2.06. The number of nitrogens with zero attached hydrogens (tertiary/aromatic N) is 1. The summed E-state index contributed by atoms with van der Waals surface area (Å²) in [4.78, 5) is 24.8. The van der Waals surface area contributed by atoms with Crippen LogP contribution in [-0.2, 0) is 9.59 Å². The highest BCUT2D eigenvalue weighted by molar-refractivity contribution is 6.35. The number of nitrogens with one attached hydrogen (secondary N) is 1. The van der Waals surface area contributed by atoms with Crippen molar-refractivity contribution < 1.29 is 14.7 Å². The highest BCUT2D eigenvalue weighted by atomic mass is 16.3. The van der Waals surface area contributed by atoms with Crippen LogP contribution in [0.5, 0.6) is 0 Å². The Labute approximate surface area is 114 Å². The van der Waals surface area contributed by atoms with E-state index in [1.165, 1.54) is 37.6 Å². The minimum Gasteiger partial charge on any atom is -0.395 e. The van der Waals surface area contributed by atoms with E-state index in [1.807, 2.05) is 6.92 Å². The van der Waals surface area contributed by atoms with E-state index in [2.05, 4.69) is 5.32 Å². The number of carbonyl (C=O) groups excluding carboxylic acids is 2. The van der Waals surface area contributed by atoms with E-state index in [-0.39, 0.29) is 19.2 Å². The third-order valence-electron chi connectivity index (χ3n) is 4.77. The first-order valence-corrected chi connectivity index (χ1v) is 7.19. The summed E-state index contributed by atoms with van der Waals surface area (Å²) < 4.78 is 0. The third-order valence-corrected chi connectivity index (χ3v) is 4.77. The molecule has 2 aliphatic carbocycles. The number of hydrogen-bond acceptors (Lipinski definition) is 3. The largest absolute Gasteiger partial charge is 0.395 e. The number of amides is 2. The van der Waals surface area contributed by atoms with Crippen LogP contribution < -0.4 is 5.32 Å². The molecule has 0 aromatic rings. The quantitative estimate of drug-likeness (QED) is 0.724. The Kier molecular flexibility index (Phi) is 4.45. The lowest BCUT2D eigenvalue weighted by atomic mass is 9.84. The van der Waals surface area contributed by atoms with Gasteiger partial charge in [0, 0.05) is 19.6 Å². The average molecular weight is 268 g/mol. The third kappa shape index (κ3) is 3.08. The maximum atomic E-state index is 11.8. The first kappa shape index (κ1) is 14.3. The van der Waals surface area contributed by atoms with Crippen LogP contribution >= 0.6 is 0 Å². The van der Waals surface area contributed by atoms with Gasteiger partial charge in [-0.15, -0.1) is 0 Å². The Bertz CT molecular complexity index is 359. The molecule has 2 saturated carbocycles. The molecule has 2 aliphatic rings. The van der Waals surface area contributed by atoms with Gasteiger partial charge >= 0.3 is 11.8 Å². The fourth-order valence-electron chi connectivity index (χ4n) is 3.71. The standard InChI is InChI=1S/C14H24N2O3/c1-9(12-8-10-3-4-11(12)7-10)15-13(18)14(19)16(2)5-6-17/h9-12,17H,3-8H2,1-2H3,(H,15,18). The summed E-state index contributed by atoms with van der Waals surface area (Å²) in [5.41, 5.74) is 0. The summed E-state index contributed by atoms with van der Waals surface area (Å²) in [5.74, 6) is 0.974. The van der Waals surface area contributed by atoms with Gasteiger partial charge in [-0.05, 0) is 43.9 Å². The zero-order valence-corrected chi connectivity index (χ0v) is 11.8. The van der Waals surface area contributed by atoms with Crippen LogP contribution in [0.1, 0.15) is 32.6 Å². The molecule has 5 heteroatoms. The first-order valence-electron chi connectivity index (χ1n) is 7.19. The second-order valence-corrected chi connectivity index (χ2v) is 6.05. The van der Waals surface area contributed by atoms with E-state index in [9.17, 15) is 9.59 Å². The van der Waals surface area contributed by atoms with Gasteiger partial charge in [0.2, 0.25) is 0 Å². The summed E-state index contributed by atoms with van der Waals surface area (Å²) >= 11 is 0. The van der Waals surface area contributed by atoms with E-state index in [0.29, 0.717) is 5.92 Å². The molecule has 4 atom stereocenters. The van der Waals surface area contributed by atoms with E-state index in [4.69, 9.17) is 5.11 Å². The van der Waals surface area contributed by atoms with Gasteiger partial charge < -0.3 is 15.3 Å². The van der Waals surface area contributed by atoms with Crippen molar-refractivity contribution >= 4 is 11.8 Å². The fourth-order valence-corrected chi connectivity index (χ4v) is 3.71. The van der Waals surface area contributed by atoms with Crippen molar-refractivity contribution in [2.45, 2.75) is 38.6 Å². The normalized spacial score (nSPS) is 30.2. The van der Waals surface area contributed by atoms with Gasteiger partial charge in [-0.25, -0.2) is 0 Å². The molecule has 0 aliphatic heterocycles. The van der Waals surface area contributed by atoms with Gasteiger partial charge in [-0.3, -0.25) is 9.59 Å². The molecule has 5 nitrogen and oxygen atoms in total. The number of fused-ring (bicyclic) bond motifs is 2. The van der Waals surface area contributed by atoms with Crippen molar-refractivity contribution in [2.75, 3.05) is 20.2 Å². The molecule has 2 fully saturated rings. The van der Waals surface area contributed by atoms with Crippen molar-refractivity contribution in [3.05, 3.63) is 0 Å². The lowest BCUT2D eigenvalue weighted by Crippen LogP contribution is -2.48. The van der Waals surface area contributed by atoms with Gasteiger partial charge in [0.1, 0.15) is 0 Å². The SMILES string of the molecule is CC(NC(=O)C(=O)N(C)CCO)C1CC2CCC1C2. The second-order valence-electron chi connectivity index (χ2n) is 6.05. The molecule has 108 valence electrons. The maximum Gasteiger partial charge on any atom is 0.311 e. The van der Waals surface area contributed by atoms with Crippen LogP contribution in [-0.4, -0.2) is 48.1 Å². The summed E-state index contributed by atoms with van der Waals surface area (Å²) in [6, 6.07) is 0.0641. The Hall–Kier alpha value is -1.10. The monoisotopic (exact) mass is 268 g/mol. The summed E-state index contributed by atoms with van der Waals surface area (Å²) in [6.07, 6.45) is 5.09. The summed E-state index contributed by atoms with van der Waals surface area (Å²) in [7, 11) is 1.53. The van der Waals surface area contributed by atoms with Crippen molar-refractivity contribution in [3.8, 4) is 0 Å². The van der Waals surface area contributed by atoms with Crippen LogP contribution in [0.2, 0.25) is 0 Å². The highest BCUT2D eigenvalue weighted by Gasteiger charge is 2.42. The molecule has 4 unspecified atom stereocenters. The van der Waals surface area contributed by atoms with Gasteiger partial charge in [0.15, 0.2) is 0 Å². The molecule has 2 rings (SSSR count). The second kappa shape index (κ2) is 5.90. The summed E-state index contributed by atoms with van der Waals surface area (Å²) in [5, 5.41) is 11.6. The molecule has 0 heterocycles. The van der Waals surface area contributed by atoms with E-state index in [1.54, 1.807) is 0 Å². The number of hydrogen-bond donors (Lipinski definition) is 2. The van der Waals surface area contributed by atoms with E-state index >= 15 is 0 Å². The van der Waals surface area contributed by atoms with Crippen LogP contribution in [0, 0.1) is 17.8 Å². The van der Waals surface area contributed by atoms with Crippen LogP contribution in [0.25, 0.3) is 0 Å². The molecule has 0 spiro atoms. The molecule has 0 aromatic heterocycles. The van der Waals surface area contributed by atoms with Crippen molar-refractivity contribution in [2.24, 2.45) is 17.8 Å². The molecule has 0 saturated heterocycles. The number of likely N-dealkylation sites (N-methyl/N-ethyl adjacent to an activating group) is 1. The Morgan fingerprint density at radius 3 is 2.63 bits per heavy atom. The van der Waals surface area contributed by atoms with Crippen LogP contribution in [0.15, 0.2) is 0 Å². The zero-order valence-electron chi connectivity index (χ0n) is 11.8. The minimum absolute atomic E-state index is 0.0641. The molecule has 2 amide bonds. The van der Waals surface area contributed by atoms with Gasteiger partial charge in [0.05, 0.1) is 6.61 Å². The maximum absolute atomic E-state index is 11.8. The van der Waals surface area contributed by atoms with Gasteiger partial charge in [0.25, 0.3) is 0 Å². The molecule has 0 radical (unpaired) electrons. The average Bonchev–Trinajstić information content (AvgIpc) is 3.00. The Morgan fingerprint density at radius 2 is 2.11 bits per heavy atom. The van der Waals surface area contributed by atoms with Crippen LogP contribution in [0.3, 0.4) is 0 Å². The molecular weight excluding hydrogens is 244 g/mol. The number of aliphatic hydroxyl groups is 1. The van der Waals surface area contributed by atoms with Crippen LogP contribution in [0.4, 0.5) is 0 Å². The molecular formula is C14H24N2O3. The first-order chi connectivity index (χ1) is 9.02. The Balaban J connectivity index is 1.83. The molecule has 19 heavy (non-hydrogen) atoms. The van der Waals surface area contributed by atoms with Crippen molar-refractivity contribution in [3.63, 3.8) is 0 Å². The highest BCUT2D eigenvalue weighted by Crippen LogP contribution is 2.49. The predicted octanol–water partition coefficient (Wildman–Crippen LogP) is 0.378. The molecule has 2 N–H and O–H groups in total. The number of aliphatic hydroxyl groups excluding tert-OH is 1. The molecule has 0 aromatic carbocycles. The topological polar surface area (TPSA) is 69.6 Å².